The average Bonchev–Trinajstić information content (AvgIpc) is 2.65. The van der Waals surface area contributed by atoms with Gasteiger partial charge in [-0.05, 0) is 58.2 Å². The molecule has 1 aliphatic heterocycles. The summed E-state index contributed by atoms with van der Waals surface area (Å²) in [6, 6.07) is 8.06. The van der Waals surface area contributed by atoms with Crippen LogP contribution in [0.5, 0.6) is 5.75 Å². The summed E-state index contributed by atoms with van der Waals surface area (Å²) in [6.45, 7) is 11.4. The number of rotatable bonds is 7. The number of hydrogen-bond acceptors (Lipinski definition) is 4. The van der Waals surface area contributed by atoms with E-state index in [2.05, 4.69) is 30.1 Å². The standard InChI is InChI=1S/C21H33N3O3/c1-5-22-21(24-12-10-18(11-13-24)20(25)26-6-2)23-15-17(4)27-19-9-7-8-16(3)14-19/h7-9,14,17-18H,5-6,10-13,15H2,1-4H3,(H,22,23). The molecule has 27 heavy (non-hydrogen) atoms. The lowest BCUT2D eigenvalue weighted by molar-refractivity contribution is -0.149. The van der Waals surface area contributed by atoms with Crippen LogP contribution < -0.4 is 10.1 Å². The molecule has 0 aliphatic carbocycles. The van der Waals surface area contributed by atoms with E-state index in [0.717, 1.165) is 44.2 Å². The van der Waals surface area contributed by atoms with Crippen molar-refractivity contribution < 1.29 is 14.3 Å². The second-order valence-electron chi connectivity index (χ2n) is 6.95. The summed E-state index contributed by atoms with van der Waals surface area (Å²) in [5, 5.41) is 3.35. The molecule has 0 bridgehead atoms. The van der Waals surface area contributed by atoms with E-state index in [9.17, 15) is 4.79 Å². The number of aliphatic imine (C=N–C) groups is 1. The molecule has 1 fully saturated rings. The number of esters is 1. The summed E-state index contributed by atoms with van der Waals surface area (Å²) < 4.78 is 11.1. The van der Waals surface area contributed by atoms with Crippen molar-refractivity contribution in [1.82, 2.24) is 10.2 Å². The van der Waals surface area contributed by atoms with Gasteiger partial charge in [-0.15, -0.1) is 0 Å². The van der Waals surface area contributed by atoms with E-state index in [0.29, 0.717) is 13.2 Å². The maximum atomic E-state index is 11.9. The molecule has 150 valence electrons. The topological polar surface area (TPSA) is 63.2 Å². The average molecular weight is 376 g/mol. The molecule has 6 heteroatoms. The molecule has 0 radical (unpaired) electrons. The molecule has 0 saturated carbocycles. The van der Waals surface area contributed by atoms with Gasteiger partial charge in [0, 0.05) is 19.6 Å². The summed E-state index contributed by atoms with van der Waals surface area (Å²) in [7, 11) is 0. The van der Waals surface area contributed by atoms with Gasteiger partial charge >= 0.3 is 5.97 Å². The van der Waals surface area contributed by atoms with Crippen molar-refractivity contribution in [3.8, 4) is 5.75 Å². The zero-order valence-corrected chi connectivity index (χ0v) is 17.0. The van der Waals surface area contributed by atoms with Gasteiger partial charge in [0.25, 0.3) is 0 Å². The van der Waals surface area contributed by atoms with Crippen molar-refractivity contribution in [2.24, 2.45) is 10.9 Å². The summed E-state index contributed by atoms with van der Waals surface area (Å²) >= 11 is 0. The van der Waals surface area contributed by atoms with Crippen LogP contribution in [0, 0.1) is 12.8 Å². The molecular formula is C21H33N3O3. The molecular weight excluding hydrogens is 342 g/mol. The lowest BCUT2D eigenvalue weighted by Crippen LogP contribution is -2.47. The minimum atomic E-state index is -0.0701. The normalized spacial score (nSPS) is 16.7. The Kier molecular flexibility index (Phi) is 8.43. The van der Waals surface area contributed by atoms with E-state index in [1.165, 1.54) is 5.56 Å². The van der Waals surface area contributed by atoms with Crippen molar-refractivity contribution in [3.63, 3.8) is 0 Å². The molecule has 1 aromatic rings. The van der Waals surface area contributed by atoms with E-state index in [-0.39, 0.29) is 18.0 Å². The monoisotopic (exact) mass is 375 g/mol. The van der Waals surface area contributed by atoms with E-state index < -0.39 is 0 Å². The van der Waals surface area contributed by atoms with Crippen LogP contribution in [0.25, 0.3) is 0 Å². The molecule has 0 amide bonds. The number of ether oxygens (including phenoxy) is 2. The second kappa shape index (κ2) is 10.8. The van der Waals surface area contributed by atoms with Gasteiger partial charge in [0.15, 0.2) is 5.96 Å². The van der Waals surface area contributed by atoms with Crippen LogP contribution in [-0.2, 0) is 9.53 Å². The molecule has 1 saturated heterocycles. The highest BCUT2D eigenvalue weighted by atomic mass is 16.5. The fourth-order valence-corrected chi connectivity index (χ4v) is 3.19. The Morgan fingerprint density at radius 3 is 2.70 bits per heavy atom. The van der Waals surface area contributed by atoms with Crippen LogP contribution in [-0.4, -0.2) is 55.7 Å². The summed E-state index contributed by atoms with van der Waals surface area (Å²) in [5.41, 5.74) is 1.18. The quantitative estimate of drug-likeness (QED) is 0.451. The molecule has 0 spiro atoms. The zero-order valence-electron chi connectivity index (χ0n) is 17.0. The predicted octanol–water partition coefficient (Wildman–Crippen LogP) is 3.00. The molecule has 1 heterocycles. The number of guanidine groups is 1. The van der Waals surface area contributed by atoms with Gasteiger partial charge in [-0.25, -0.2) is 4.99 Å². The minimum absolute atomic E-state index is 0.00709. The van der Waals surface area contributed by atoms with Crippen LogP contribution in [0.4, 0.5) is 0 Å². The fraction of sp³-hybridized carbons (Fsp3) is 0.619. The molecule has 1 aromatic carbocycles. The van der Waals surface area contributed by atoms with Gasteiger partial charge in [0.1, 0.15) is 11.9 Å². The number of aryl methyl sites for hydroxylation is 1. The van der Waals surface area contributed by atoms with Crippen LogP contribution in [0.1, 0.15) is 39.2 Å². The maximum Gasteiger partial charge on any atom is 0.309 e. The Labute approximate surface area is 162 Å². The summed E-state index contributed by atoms with van der Waals surface area (Å²) in [4.78, 5) is 18.9. The van der Waals surface area contributed by atoms with Crippen LogP contribution >= 0.6 is 0 Å². The van der Waals surface area contributed by atoms with Gasteiger partial charge in [-0.2, -0.15) is 0 Å². The van der Waals surface area contributed by atoms with E-state index in [4.69, 9.17) is 14.5 Å². The fourth-order valence-electron chi connectivity index (χ4n) is 3.19. The van der Waals surface area contributed by atoms with Crippen LogP contribution in [0.3, 0.4) is 0 Å². The Bertz CT molecular complexity index is 625. The molecule has 1 atom stereocenters. The van der Waals surface area contributed by atoms with Gasteiger partial charge in [-0.3, -0.25) is 4.79 Å². The van der Waals surface area contributed by atoms with Crippen molar-refractivity contribution >= 4 is 11.9 Å². The maximum absolute atomic E-state index is 11.9. The van der Waals surface area contributed by atoms with Crippen molar-refractivity contribution in [2.75, 3.05) is 32.8 Å². The highest BCUT2D eigenvalue weighted by Gasteiger charge is 2.27. The van der Waals surface area contributed by atoms with Crippen LogP contribution in [0.15, 0.2) is 29.3 Å². The number of carbonyl (C=O) groups excluding carboxylic acids is 1. The predicted molar refractivity (Wildman–Crippen MR) is 108 cm³/mol. The second-order valence-corrected chi connectivity index (χ2v) is 6.95. The highest BCUT2D eigenvalue weighted by molar-refractivity contribution is 5.80. The third-order valence-electron chi connectivity index (χ3n) is 4.57. The number of hydrogen-bond donors (Lipinski definition) is 1. The van der Waals surface area contributed by atoms with E-state index >= 15 is 0 Å². The third kappa shape index (κ3) is 6.77. The number of carbonyl (C=O) groups is 1. The number of nitrogens with one attached hydrogen (secondary N) is 1. The van der Waals surface area contributed by atoms with Crippen molar-refractivity contribution in [1.29, 1.82) is 0 Å². The first kappa shape index (κ1) is 21.1. The Balaban J connectivity index is 1.89. The van der Waals surface area contributed by atoms with Gasteiger partial charge in [0.2, 0.25) is 0 Å². The molecule has 1 aliphatic rings. The van der Waals surface area contributed by atoms with Crippen molar-refractivity contribution in [2.45, 2.75) is 46.6 Å². The molecule has 1 N–H and O–H groups in total. The molecule has 6 nitrogen and oxygen atoms in total. The number of benzene rings is 1. The van der Waals surface area contributed by atoms with E-state index in [1.54, 1.807) is 0 Å². The first-order valence-electron chi connectivity index (χ1n) is 9.96. The Morgan fingerprint density at radius 2 is 2.07 bits per heavy atom. The lowest BCUT2D eigenvalue weighted by Gasteiger charge is -2.33. The van der Waals surface area contributed by atoms with E-state index in [1.807, 2.05) is 32.0 Å². The Morgan fingerprint density at radius 1 is 1.33 bits per heavy atom. The van der Waals surface area contributed by atoms with Crippen molar-refractivity contribution in [3.05, 3.63) is 29.8 Å². The number of piperidine rings is 1. The largest absolute Gasteiger partial charge is 0.489 e. The minimum Gasteiger partial charge on any atom is -0.489 e. The first-order valence-corrected chi connectivity index (χ1v) is 9.96. The third-order valence-corrected chi connectivity index (χ3v) is 4.57. The number of nitrogens with zero attached hydrogens (tertiary/aromatic N) is 2. The first-order chi connectivity index (χ1) is 13.0. The number of likely N-dealkylation sites (tertiary alicyclic amines) is 1. The lowest BCUT2D eigenvalue weighted by atomic mass is 9.97. The SMILES string of the molecule is CCNC(=NCC(C)Oc1cccc(C)c1)N1CCC(C(=O)OCC)CC1. The van der Waals surface area contributed by atoms with Crippen LogP contribution in [0.2, 0.25) is 0 Å². The molecule has 1 unspecified atom stereocenters. The zero-order chi connectivity index (χ0) is 19.6. The highest BCUT2D eigenvalue weighted by Crippen LogP contribution is 2.19. The summed E-state index contributed by atoms with van der Waals surface area (Å²) in [5.74, 6) is 1.70. The van der Waals surface area contributed by atoms with Gasteiger partial charge < -0.3 is 19.7 Å². The molecule has 2 rings (SSSR count). The summed E-state index contributed by atoms with van der Waals surface area (Å²) in [6.07, 6.45) is 1.59. The van der Waals surface area contributed by atoms with Gasteiger partial charge in [-0.1, -0.05) is 12.1 Å². The molecule has 0 aromatic heterocycles. The smallest absolute Gasteiger partial charge is 0.309 e. The van der Waals surface area contributed by atoms with Gasteiger partial charge in [0.05, 0.1) is 19.1 Å². The Hall–Kier alpha value is -2.24.